The molecular formula is C21H27IN4O2. The van der Waals surface area contributed by atoms with Gasteiger partial charge in [0.2, 0.25) is 0 Å². The van der Waals surface area contributed by atoms with Gasteiger partial charge < -0.3 is 20.3 Å². The first-order valence-corrected chi connectivity index (χ1v) is 9.16. The van der Waals surface area contributed by atoms with Crippen LogP contribution in [-0.4, -0.2) is 50.6 Å². The maximum atomic E-state index is 12.2. The van der Waals surface area contributed by atoms with Crippen molar-refractivity contribution in [3.05, 3.63) is 65.2 Å². The van der Waals surface area contributed by atoms with Gasteiger partial charge in [0, 0.05) is 38.8 Å². The molecule has 2 N–H and O–H groups in total. The number of carbonyl (C=O) groups is 1. The number of nitrogens with one attached hydrogen (secondary N) is 2. The third-order valence-electron chi connectivity index (χ3n) is 4.69. The zero-order valence-corrected chi connectivity index (χ0v) is 18.6. The van der Waals surface area contributed by atoms with Crippen molar-refractivity contribution < 1.29 is 9.53 Å². The number of hydrogen-bond acceptors (Lipinski definition) is 3. The van der Waals surface area contributed by atoms with Gasteiger partial charge in [0.05, 0.1) is 7.11 Å². The summed E-state index contributed by atoms with van der Waals surface area (Å²) in [5.41, 5.74) is 3.38. The minimum atomic E-state index is -0.0960. The Morgan fingerprint density at radius 2 is 1.75 bits per heavy atom. The summed E-state index contributed by atoms with van der Waals surface area (Å²) in [6, 6.07) is 15.6. The lowest BCUT2D eigenvalue weighted by Gasteiger charge is -2.31. The molecule has 1 heterocycles. The summed E-state index contributed by atoms with van der Waals surface area (Å²) in [7, 11) is 3.40. The van der Waals surface area contributed by atoms with Crippen LogP contribution in [0.4, 0.5) is 0 Å². The Hall–Kier alpha value is -2.29. The standard InChI is InChI=1S/C21H26N4O2.HI/c1-22-21(25-14-11-16-5-3-4-6-18(16)15-25)24-13-12-23-20(26)17-7-9-19(27-2)10-8-17;/h3-10H,11-15H2,1-2H3,(H,22,24)(H,23,26);1H. The van der Waals surface area contributed by atoms with Gasteiger partial charge in [-0.1, -0.05) is 24.3 Å². The van der Waals surface area contributed by atoms with Crippen LogP contribution in [0.3, 0.4) is 0 Å². The van der Waals surface area contributed by atoms with Crippen LogP contribution >= 0.6 is 24.0 Å². The summed E-state index contributed by atoms with van der Waals surface area (Å²) < 4.78 is 5.11. The third kappa shape index (κ3) is 5.60. The van der Waals surface area contributed by atoms with Crippen LogP contribution in [0.5, 0.6) is 5.75 Å². The molecule has 0 saturated heterocycles. The number of halogens is 1. The van der Waals surface area contributed by atoms with Crippen molar-refractivity contribution >= 4 is 35.8 Å². The van der Waals surface area contributed by atoms with Crippen LogP contribution in [-0.2, 0) is 13.0 Å². The van der Waals surface area contributed by atoms with Gasteiger partial charge in [-0.3, -0.25) is 9.79 Å². The molecule has 6 nitrogen and oxygen atoms in total. The minimum absolute atomic E-state index is 0. The van der Waals surface area contributed by atoms with E-state index in [9.17, 15) is 4.79 Å². The number of guanidine groups is 1. The molecule has 0 aromatic heterocycles. The van der Waals surface area contributed by atoms with Crippen molar-refractivity contribution in [3.63, 3.8) is 0 Å². The van der Waals surface area contributed by atoms with Crippen molar-refractivity contribution in [1.82, 2.24) is 15.5 Å². The molecule has 0 saturated carbocycles. The molecule has 28 heavy (non-hydrogen) atoms. The summed E-state index contributed by atoms with van der Waals surface area (Å²) in [5.74, 6) is 1.50. The van der Waals surface area contributed by atoms with Crippen LogP contribution in [0.1, 0.15) is 21.5 Å². The highest BCUT2D eigenvalue weighted by Gasteiger charge is 2.18. The number of amides is 1. The Labute approximate surface area is 183 Å². The lowest BCUT2D eigenvalue weighted by Crippen LogP contribution is -2.46. The maximum Gasteiger partial charge on any atom is 0.251 e. The van der Waals surface area contributed by atoms with Gasteiger partial charge in [0.25, 0.3) is 5.91 Å². The lowest BCUT2D eigenvalue weighted by atomic mass is 10.0. The number of hydrogen-bond donors (Lipinski definition) is 2. The van der Waals surface area contributed by atoms with E-state index in [0.717, 1.165) is 31.2 Å². The van der Waals surface area contributed by atoms with E-state index < -0.39 is 0 Å². The minimum Gasteiger partial charge on any atom is -0.497 e. The zero-order chi connectivity index (χ0) is 19.1. The fourth-order valence-corrected chi connectivity index (χ4v) is 3.20. The Kier molecular flexibility index (Phi) is 8.56. The molecule has 3 rings (SSSR count). The van der Waals surface area contributed by atoms with Gasteiger partial charge in [-0.05, 0) is 41.8 Å². The summed E-state index contributed by atoms with van der Waals surface area (Å²) >= 11 is 0. The molecular weight excluding hydrogens is 467 g/mol. The smallest absolute Gasteiger partial charge is 0.251 e. The number of methoxy groups -OCH3 is 1. The number of nitrogens with zero attached hydrogens (tertiary/aromatic N) is 2. The SMILES string of the molecule is CN=C(NCCNC(=O)c1ccc(OC)cc1)N1CCc2ccccc2C1.I. The Bertz CT molecular complexity index is 808. The molecule has 1 aliphatic heterocycles. The van der Waals surface area contributed by atoms with Crippen molar-refractivity contribution in [2.24, 2.45) is 4.99 Å². The molecule has 0 bridgehead atoms. The molecule has 0 unspecified atom stereocenters. The van der Waals surface area contributed by atoms with E-state index in [-0.39, 0.29) is 29.9 Å². The second-order valence-corrected chi connectivity index (χ2v) is 6.40. The molecule has 0 spiro atoms. The topological polar surface area (TPSA) is 66.0 Å². The third-order valence-corrected chi connectivity index (χ3v) is 4.69. The molecule has 1 amide bonds. The second kappa shape index (κ2) is 10.9. The summed E-state index contributed by atoms with van der Waals surface area (Å²) in [5, 5.41) is 6.25. The van der Waals surface area contributed by atoms with Crippen molar-refractivity contribution in [2.45, 2.75) is 13.0 Å². The molecule has 2 aromatic rings. The molecule has 1 aliphatic rings. The average Bonchev–Trinajstić information content (AvgIpc) is 2.73. The van der Waals surface area contributed by atoms with Crippen molar-refractivity contribution in [3.8, 4) is 5.75 Å². The molecule has 7 heteroatoms. The van der Waals surface area contributed by atoms with Gasteiger partial charge >= 0.3 is 0 Å². The Morgan fingerprint density at radius 3 is 2.43 bits per heavy atom. The maximum absolute atomic E-state index is 12.2. The first-order chi connectivity index (χ1) is 13.2. The van der Waals surface area contributed by atoms with Crippen molar-refractivity contribution in [1.29, 1.82) is 0 Å². The van der Waals surface area contributed by atoms with Crippen LogP contribution in [0.2, 0.25) is 0 Å². The van der Waals surface area contributed by atoms with Crippen LogP contribution < -0.4 is 15.4 Å². The van der Waals surface area contributed by atoms with Gasteiger partial charge in [0.1, 0.15) is 5.75 Å². The average molecular weight is 494 g/mol. The van der Waals surface area contributed by atoms with E-state index in [2.05, 4.69) is 44.8 Å². The number of carbonyl (C=O) groups excluding carboxylic acids is 1. The van der Waals surface area contributed by atoms with Gasteiger partial charge in [0.15, 0.2) is 5.96 Å². The zero-order valence-electron chi connectivity index (χ0n) is 16.3. The number of aliphatic imine (C=N–C) groups is 1. The molecule has 0 fully saturated rings. The molecule has 0 radical (unpaired) electrons. The predicted molar refractivity (Wildman–Crippen MR) is 123 cm³/mol. The van der Waals surface area contributed by atoms with Gasteiger partial charge in [-0.2, -0.15) is 0 Å². The number of fused-ring (bicyclic) bond motifs is 1. The molecule has 0 atom stereocenters. The molecule has 150 valence electrons. The Morgan fingerprint density at radius 1 is 1.07 bits per heavy atom. The molecule has 2 aromatic carbocycles. The van der Waals surface area contributed by atoms with E-state index in [0.29, 0.717) is 18.7 Å². The highest BCUT2D eigenvalue weighted by atomic mass is 127. The van der Waals surface area contributed by atoms with Crippen molar-refractivity contribution in [2.75, 3.05) is 33.8 Å². The van der Waals surface area contributed by atoms with Crippen LogP contribution in [0.15, 0.2) is 53.5 Å². The number of benzene rings is 2. The summed E-state index contributed by atoms with van der Waals surface area (Å²) in [6.07, 6.45) is 1.02. The monoisotopic (exact) mass is 494 g/mol. The van der Waals surface area contributed by atoms with E-state index in [1.807, 2.05) is 0 Å². The highest BCUT2D eigenvalue weighted by molar-refractivity contribution is 14.0. The summed E-state index contributed by atoms with van der Waals surface area (Å²) in [4.78, 5) is 18.8. The quantitative estimate of drug-likeness (QED) is 0.291. The first-order valence-electron chi connectivity index (χ1n) is 9.16. The predicted octanol–water partition coefficient (Wildman–Crippen LogP) is 2.68. The Balaban J connectivity index is 0.00000280. The first kappa shape index (κ1) is 22.0. The normalized spacial score (nSPS) is 13.2. The fraction of sp³-hybridized carbons (Fsp3) is 0.333. The van der Waals surface area contributed by atoms with E-state index in [1.54, 1.807) is 38.4 Å². The fourth-order valence-electron chi connectivity index (χ4n) is 3.20. The van der Waals surface area contributed by atoms with Gasteiger partial charge in [-0.15, -0.1) is 24.0 Å². The largest absolute Gasteiger partial charge is 0.497 e. The number of rotatable bonds is 5. The highest BCUT2D eigenvalue weighted by Crippen LogP contribution is 2.18. The van der Waals surface area contributed by atoms with E-state index >= 15 is 0 Å². The second-order valence-electron chi connectivity index (χ2n) is 6.40. The summed E-state index contributed by atoms with van der Waals surface area (Å²) in [6.45, 7) is 2.93. The molecule has 0 aliphatic carbocycles. The van der Waals surface area contributed by atoms with E-state index in [1.165, 1.54) is 11.1 Å². The van der Waals surface area contributed by atoms with Gasteiger partial charge in [-0.25, -0.2) is 0 Å². The number of ether oxygens (including phenoxy) is 1. The van der Waals surface area contributed by atoms with Crippen LogP contribution in [0.25, 0.3) is 0 Å². The lowest BCUT2D eigenvalue weighted by molar-refractivity contribution is 0.0954. The van der Waals surface area contributed by atoms with Crippen LogP contribution in [0, 0.1) is 0 Å². The van der Waals surface area contributed by atoms with E-state index in [4.69, 9.17) is 4.74 Å².